The van der Waals surface area contributed by atoms with Crippen LogP contribution in [0.3, 0.4) is 0 Å². The fraction of sp³-hybridized carbons (Fsp3) is 0.143. The summed E-state index contributed by atoms with van der Waals surface area (Å²) in [5.74, 6) is -1.86. The predicted octanol–water partition coefficient (Wildman–Crippen LogP) is 0.919. The molecule has 0 unspecified atom stereocenters. The lowest BCUT2D eigenvalue weighted by Crippen LogP contribution is -2.17. The molecule has 7 nitrogen and oxygen atoms in total. The number of aromatic amines is 1. The Balaban J connectivity index is 3.67. The van der Waals surface area contributed by atoms with Crippen molar-refractivity contribution in [3.05, 3.63) is 37.8 Å². The molecule has 0 saturated heterocycles. The average molecular weight is 234 g/mol. The summed E-state index contributed by atoms with van der Waals surface area (Å²) in [7, 11) is 0. The Morgan fingerprint density at radius 1 is 1.56 bits per heavy atom. The Labute approximate surface area is 85.5 Å². The maximum atomic E-state index is 12.4. The van der Waals surface area contributed by atoms with E-state index in [2.05, 4.69) is 0 Å². The van der Waals surface area contributed by atoms with Crippen LogP contribution in [0.1, 0.15) is 22.5 Å². The third-order valence-electron chi connectivity index (χ3n) is 1.68. The monoisotopic (exact) mass is 234 g/mol. The summed E-state index contributed by atoms with van der Waals surface area (Å²) in [6, 6.07) is 0.301. The van der Waals surface area contributed by atoms with E-state index in [1.807, 2.05) is 0 Å². The SMILES string of the molecule is O=C(O)c1[nH]c(=O)cc(C(F)F)c1[N+](=O)[O-]. The number of nitrogens with one attached hydrogen (secondary N) is 1. The molecule has 0 bridgehead atoms. The number of hydrogen-bond acceptors (Lipinski definition) is 4. The number of H-pyrrole nitrogens is 1. The van der Waals surface area contributed by atoms with Gasteiger partial charge < -0.3 is 10.1 Å². The van der Waals surface area contributed by atoms with Crippen LogP contribution in [0.25, 0.3) is 0 Å². The Hall–Kier alpha value is -2.32. The summed E-state index contributed by atoms with van der Waals surface area (Å²) in [4.78, 5) is 32.1. The van der Waals surface area contributed by atoms with E-state index in [0.717, 1.165) is 0 Å². The first-order valence-electron chi connectivity index (χ1n) is 3.77. The van der Waals surface area contributed by atoms with Gasteiger partial charge in [-0.2, -0.15) is 0 Å². The van der Waals surface area contributed by atoms with Crippen LogP contribution in [0.4, 0.5) is 14.5 Å². The van der Waals surface area contributed by atoms with E-state index in [1.54, 1.807) is 4.98 Å². The minimum absolute atomic E-state index is 0.301. The second-order valence-electron chi connectivity index (χ2n) is 2.68. The maximum Gasteiger partial charge on any atom is 0.359 e. The molecule has 0 atom stereocenters. The molecule has 0 radical (unpaired) electrons. The summed E-state index contributed by atoms with van der Waals surface area (Å²) < 4.78 is 24.7. The fourth-order valence-electron chi connectivity index (χ4n) is 1.09. The van der Waals surface area contributed by atoms with Crippen molar-refractivity contribution in [3.8, 4) is 0 Å². The molecule has 0 aliphatic heterocycles. The lowest BCUT2D eigenvalue weighted by Gasteiger charge is -2.03. The largest absolute Gasteiger partial charge is 0.476 e. The predicted molar refractivity (Wildman–Crippen MR) is 45.6 cm³/mol. The van der Waals surface area contributed by atoms with E-state index in [1.165, 1.54) is 0 Å². The van der Waals surface area contributed by atoms with Gasteiger partial charge in [-0.25, -0.2) is 13.6 Å². The van der Waals surface area contributed by atoms with E-state index in [9.17, 15) is 28.5 Å². The third-order valence-corrected chi connectivity index (χ3v) is 1.68. The molecular formula is C7H4F2N2O5. The topological polar surface area (TPSA) is 113 Å². The number of carboxylic acids is 1. The lowest BCUT2D eigenvalue weighted by atomic mass is 10.2. The first-order chi connectivity index (χ1) is 7.34. The second kappa shape index (κ2) is 4.04. The first-order valence-corrected chi connectivity index (χ1v) is 3.77. The van der Waals surface area contributed by atoms with E-state index in [0.29, 0.717) is 6.07 Å². The number of carboxylic acid groups (broad SMARTS) is 1. The Kier molecular flexibility index (Phi) is 2.97. The minimum Gasteiger partial charge on any atom is -0.476 e. The van der Waals surface area contributed by atoms with Gasteiger partial charge in [0.25, 0.3) is 6.43 Å². The van der Waals surface area contributed by atoms with Crippen LogP contribution in [-0.4, -0.2) is 21.0 Å². The molecule has 2 N–H and O–H groups in total. The summed E-state index contributed by atoms with van der Waals surface area (Å²) >= 11 is 0. The van der Waals surface area contributed by atoms with Gasteiger partial charge in [0, 0.05) is 6.07 Å². The number of aromatic carboxylic acids is 1. The molecule has 1 heterocycles. The molecule has 0 aliphatic carbocycles. The molecule has 0 aliphatic rings. The zero-order valence-corrected chi connectivity index (χ0v) is 7.44. The molecule has 1 aromatic rings. The highest BCUT2D eigenvalue weighted by atomic mass is 19.3. The number of aromatic nitrogens is 1. The van der Waals surface area contributed by atoms with Crippen molar-refractivity contribution >= 4 is 11.7 Å². The fourth-order valence-corrected chi connectivity index (χ4v) is 1.09. The standard InChI is InChI=1S/C7H4F2N2O5/c8-6(9)2-1-3(12)10-4(7(13)14)5(2)11(15)16/h1,6H,(H,10,12)(H,13,14). The number of nitro groups is 1. The Morgan fingerprint density at radius 3 is 2.50 bits per heavy atom. The second-order valence-corrected chi connectivity index (χ2v) is 2.68. The number of pyridine rings is 1. The summed E-state index contributed by atoms with van der Waals surface area (Å²) in [6.07, 6.45) is -3.30. The summed E-state index contributed by atoms with van der Waals surface area (Å²) in [6.45, 7) is 0. The van der Waals surface area contributed by atoms with Crippen molar-refractivity contribution in [2.75, 3.05) is 0 Å². The van der Waals surface area contributed by atoms with Crippen LogP contribution in [0.2, 0.25) is 0 Å². The van der Waals surface area contributed by atoms with E-state index < -0.39 is 39.8 Å². The molecule has 0 spiro atoms. The van der Waals surface area contributed by atoms with Crippen molar-refractivity contribution < 1.29 is 23.6 Å². The van der Waals surface area contributed by atoms with Crippen LogP contribution in [0, 0.1) is 10.1 Å². The van der Waals surface area contributed by atoms with Crippen molar-refractivity contribution in [1.29, 1.82) is 0 Å². The number of nitrogens with zero attached hydrogens (tertiary/aromatic N) is 1. The highest BCUT2D eigenvalue weighted by molar-refractivity contribution is 5.90. The Morgan fingerprint density at radius 2 is 2.12 bits per heavy atom. The number of carbonyl (C=O) groups is 1. The molecule has 0 saturated carbocycles. The summed E-state index contributed by atoms with van der Waals surface area (Å²) in [5, 5.41) is 19.0. The number of alkyl halides is 2. The van der Waals surface area contributed by atoms with Crippen LogP contribution in [0.15, 0.2) is 10.9 Å². The molecule has 0 aromatic carbocycles. The van der Waals surface area contributed by atoms with E-state index >= 15 is 0 Å². The van der Waals surface area contributed by atoms with Gasteiger partial charge in [0.1, 0.15) is 5.56 Å². The molecular weight excluding hydrogens is 230 g/mol. The van der Waals surface area contributed by atoms with Gasteiger partial charge in [0.15, 0.2) is 0 Å². The number of hydrogen-bond donors (Lipinski definition) is 2. The number of rotatable bonds is 3. The van der Waals surface area contributed by atoms with Gasteiger partial charge in [-0.1, -0.05) is 0 Å². The van der Waals surface area contributed by atoms with Gasteiger partial charge in [-0.05, 0) is 0 Å². The zero-order valence-electron chi connectivity index (χ0n) is 7.44. The molecule has 0 amide bonds. The Bertz CT molecular complexity index is 510. The van der Waals surface area contributed by atoms with Gasteiger partial charge in [-0.15, -0.1) is 0 Å². The molecule has 9 heteroatoms. The molecule has 16 heavy (non-hydrogen) atoms. The highest BCUT2D eigenvalue weighted by Gasteiger charge is 2.30. The van der Waals surface area contributed by atoms with Gasteiger partial charge in [-0.3, -0.25) is 14.9 Å². The van der Waals surface area contributed by atoms with Crippen molar-refractivity contribution in [2.45, 2.75) is 6.43 Å². The van der Waals surface area contributed by atoms with E-state index in [-0.39, 0.29) is 0 Å². The van der Waals surface area contributed by atoms with Gasteiger partial charge >= 0.3 is 11.7 Å². The quantitative estimate of drug-likeness (QED) is 0.596. The van der Waals surface area contributed by atoms with Crippen molar-refractivity contribution in [3.63, 3.8) is 0 Å². The summed E-state index contributed by atoms with van der Waals surface area (Å²) in [5.41, 5.74) is -4.82. The zero-order chi connectivity index (χ0) is 12.5. The molecule has 86 valence electrons. The maximum absolute atomic E-state index is 12.4. The smallest absolute Gasteiger partial charge is 0.359 e. The van der Waals surface area contributed by atoms with Crippen molar-refractivity contribution in [1.82, 2.24) is 4.98 Å². The molecule has 1 rings (SSSR count). The first kappa shape index (κ1) is 11.8. The van der Waals surface area contributed by atoms with Crippen LogP contribution >= 0.6 is 0 Å². The van der Waals surface area contributed by atoms with Crippen LogP contribution in [0.5, 0.6) is 0 Å². The van der Waals surface area contributed by atoms with Crippen LogP contribution < -0.4 is 5.56 Å². The third kappa shape index (κ3) is 2.02. The highest BCUT2D eigenvalue weighted by Crippen LogP contribution is 2.29. The van der Waals surface area contributed by atoms with Crippen molar-refractivity contribution in [2.24, 2.45) is 0 Å². The van der Waals surface area contributed by atoms with Gasteiger partial charge in [0.05, 0.1) is 4.92 Å². The average Bonchev–Trinajstić information content (AvgIpc) is 2.15. The normalized spacial score (nSPS) is 10.4. The molecule has 1 aromatic heterocycles. The number of halogens is 2. The lowest BCUT2D eigenvalue weighted by molar-refractivity contribution is -0.386. The van der Waals surface area contributed by atoms with E-state index in [4.69, 9.17) is 5.11 Å². The van der Waals surface area contributed by atoms with Gasteiger partial charge in [0.2, 0.25) is 11.3 Å². The minimum atomic E-state index is -3.30. The van der Waals surface area contributed by atoms with Crippen LogP contribution in [-0.2, 0) is 0 Å². The molecule has 0 fully saturated rings.